The second kappa shape index (κ2) is 7.13. The lowest BCUT2D eigenvalue weighted by atomic mass is 10.2. The molecule has 1 rings (SSSR count). The number of nitrogens with one attached hydrogen (secondary N) is 2. The maximum atomic E-state index is 11.6. The Morgan fingerprint density at radius 1 is 1.11 bits per heavy atom. The summed E-state index contributed by atoms with van der Waals surface area (Å²) in [4.78, 5) is 11.6. The van der Waals surface area contributed by atoms with Gasteiger partial charge in [0.25, 0.3) is 0 Å². The fraction of sp³-hybridized carbons (Fsp3) is 0.462. The molecule has 0 aliphatic rings. The molecule has 0 atom stereocenters. The zero-order valence-corrected chi connectivity index (χ0v) is 12.1. The highest BCUT2D eigenvalue weighted by molar-refractivity contribution is 7.91. The van der Waals surface area contributed by atoms with Gasteiger partial charge in [-0.3, -0.25) is 0 Å². The average molecular weight is 284 g/mol. The van der Waals surface area contributed by atoms with Crippen LogP contribution in [0.1, 0.15) is 25.8 Å². The first-order valence-electron chi connectivity index (χ1n) is 6.33. The monoisotopic (exact) mass is 284 g/mol. The normalized spacial score (nSPS) is 11.1. The number of benzene rings is 1. The van der Waals surface area contributed by atoms with E-state index >= 15 is 0 Å². The second-order valence-corrected chi connectivity index (χ2v) is 6.44. The van der Waals surface area contributed by atoms with Crippen LogP contribution in [0, 0.1) is 0 Å². The highest BCUT2D eigenvalue weighted by Gasteiger charge is 2.10. The lowest BCUT2D eigenvalue weighted by Crippen LogP contribution is -2.35. The molecule has 0 saturated heterocycles. The van der Waals surface area contributed by atoms with Gasteiger partial charge in [-0.1, -0.05) is 26.0 Å². The molecule has 0 aliphatic carbocycles. The van der Waals surface area contributed by atoms with Crippen LogP contribution in [-0.2, 0) is 16.4 Å². The zero-order chi connectivity index (χ0) is 14.3. The summed E-state index contributed by atoms with van der Waals surface area (Å²) in [5.41, 5.74) is 0.863. The van der Waals surface area contributed by atoms with Crippen LogP contribution < -0.4 is 10.6 Å². The number of carbonyl (C=O) groups excluding carboxylic acids is 1. The van der Waals surface area contributed by atoms with Gasteiger partial charge in [0.15, 0.2) is 9.84 Å². The standard InChI is InChI=1S/C13H20N2O3S/c1-3-9-14-13(16)15-10-11-5-7-12(8-6-11)19(17,18)4-2/h5-8H,3-4,9-10H2,1-2H3,(H2,14,15,16). The Kier molecular flexibility index (Phi) is 5.82. The van der Waals surface area contributed by atoms with Gasteiger partial charge in [-0.25, -0.2) is 13.2 Å². The van der Waals surface area contributed by atoms with Crippen LogP contribution in [0.3, 0.4) is 0 Å². The summed E-state index contributed by atoms with van der Waals surface area (Å²) in [5.74, 6) is 0.0873. The maximum Gasteiger partial charge on any atom is 0.315 e. The van der Waals surface area contributed by atoms with Gasteiger partial charge >= 0.3 is 6.03 Å². The van der Waals surface area contributed by atoms with Gasteiger partial charge in [0.1, 0.15) is 0 Å². The van der Waals surface area contributed by atoms with Crippen molar-refractivity contribution in [3.8, 4) is 0 Å². The maximum absolute atomic E-state index is 11.6. The van der Waals surface area contributed by atoms with Gasteiger partial charge in [0.2, 0.25) is 0 Å². The molecule has 2 N–H and O–H groups in total. The topological polar surface area (TPSA) is 75.3 Å². The van der Waals surface area contributed by atoms with Crippen molar-refractivity contribution in [1.29, 1.82) is 0 Å². The third-order valence-electron chi connectivity index (χ3n) is 2.65. The van der Waals surface area contributed by atoms with E-state index < -0.39 is 9.84 Å². The average Bonchev–Trinajstić information content (AvgIpc) is 2.43. The molecule has 0 heterocycles. The van der Waals surface area contributed by atoms with Crippen molar-refractivity contribution < 1.29 is 13.2 Å². The molecule has 0 fully saturated rings. The Morgan fingerprint density at radius 2 is 1.74 bits per heavy atom. The Balaban J connectivity index is 2.56. The van der Waals surface area contributed by atoms with Crippen molar-refractivity contribution in [2.45, 2.75) is 31.7 Å². The number of carbonyl (C=O) groups is 1. The van der Waals surface area contributed by atoms with Crippen LogP contribution in [0.5, 0.6) is 0 Å². The molecule has 106 valence electrons. The van der Waals surface area contributed by atoms with Gasteiger partial charge in [0, 0.05) is 13.1 Å². The van der Waals surface area contributed by atoms with E-state index in [2.05, 4.69) is 10.6 Å². The molecule has 19 heavy (non-hydrogen) atoms. The summed E-state index contributed by atoms with van der Waals surface area (Å²) in [6.45, 7) is 4.61. The quantitative estimate of drug-likeness (QED) is 0.834. The van der Waals surface area contributed by atoms with Gasteiger partial charge < -0.3 is 10.6 Å². The zero-order valence-electron chi connectivity index (χ0n) is 11.3. The molecule has 0 bridgehead atoms. The molecule has 0 unspecified atom stereocenters. The lowest BCUT2D eigenvalue weighted by Gasteiger charge is -2.07. The van der Waals surface area contributed by atoms with Crippen LogP contribution in [0.2, 0.25) is 0 Å². The number of hydrogen-bond acceptors (Lipinski definition) is 3. The Morgan fingerprint density at radius 3 is 2.26 bits per heavy atom. The molecule has 0 aromatic heterocycles. The predicted molar refractivity (Wildman–Crippen MR) is 74.7 cm³/mol. The SMILES string of the molecule is CCCNC(=O)NCc1ccc(S(=O)(=O)CC)cc1. The molecular formula is C13H20N2O3S. The highest BCUT2D eigenvalue weighted by Crippen LogP contribution is 2.12. The summed E-state index contributed by atoms with van der Waals surface area (Å²) in [7, 11) is -3.16. The molecule has 0 aliphatic heterocycles. The molecule has 1 aromatic rings. The third-order valence-corrected chi connectivity index (χ3v) is 4.40. The minimum atomic E-state index is -3.16. The van der Waals surface area contributed by atoms with Gasteiger partial charge in [-0.05, 0) is 24.1 Å². The van der Waals surface area contributed by atoms with Crippen LogP contribution in [0.25, 0.3) is 0 Å². The molecule has 1 aromatic carbocycles. The summed E-state index contributed by atoms with van der Waals surface area (Å²) in [5, 5.41) is 5.41. The lowest BCUT2D eigenvalue weighted by molar-refractivity contribution is 0.240. The number of rotatable bonds is 6. The van der Waals surface area contributed by atoms with E-state index in [1.54, 1.807) is 31.2 Å². The fourth-order valence-electron chi connectivity index (χ4n) is 1.46. The first kappa shape index (κ1) is 15.5. The van der Waals surface area contributed by atoms with E-state index in [9.17, 15) is 13.2 Å². The second-order valence-electron chi connectivity index (χ2n) is 4.16. The fourth-order valence-corrected chi connectivity index (χ4v) is 2.35. The Hall–Kier alpha value is -1.56. The van der Waals surface area contributed by atoms with Crippen molar-refractivity contribution in [3.05, 3.63) is 29.8 Å². The minimum absolute atomic E-state index is 0.0873. The minimum Gasteiger partial charge on any atom is -0.338 e. The number of sulfone groups is 1. The van der Waals surface area contributed by atoms with E-state index in [1.807, 2.05) is 6.92 Å². The van der Waals surface area contributed by atoms with Crippen molar-refractivity contribution in [2.24, 2.45) is 0 Å². The van der Waals surface area contributed by atoms with Crippen LogP contribution in [-0.4, -0.2) is 26.7 Å². The molecule has 6 heteroatoms. The van der Waals surface area contributed by atoms with Crippen LogP contribution in [0.4, 0.5) is 4.79 Å². The third kappa shape index (κ3) is 4.90. The van der Waals surface area contributed by atoms with E-state index in [-0.39, 0.29) is 11.8 Å². The Labute approximate surface area is 114 Å². The van der Waals surface area contributed by atoms with Crippen LogP contribution in [0.15, 0.2) is 29.2 Å². The molecule has 0 spiro atoms. The van der Waals surface area contributed by atoms with Gasteiger partial charge in [-0.15, -0.1) is 0 Å². The smallest absolute Gasteiger partial charge is 0.315 e. The van der Waals surface area contributed by atoms with E-state index in [1.165, 1.54) is 0 Å². The van der Waals surface area contributed by atoms with Crippen molar-refractivity contribution in [1.82, 2.24) is 10.6 Å². The van der Waals surface area contributed by atoms with E-state index in [0.717, 1.165) is 12.0 Å². The molecule has 2 amide bonds. The summed E-state index contributed by atoms with van der Waals surface area (Å²) < 4.78 is 23.2. The van der Waals surface area contributed by atoms with E-state index in [4.69, 9.17) is 0 Å². The largest absolute Gasteiger partial charge is 0.338 e. The number of hydrogen-bond donors (Lipinski definition) is 2. The van der Waals surface area contributed by atoms with Crippen LogP contribution >= 0.6 is 0 Å². The highest BCUT2D eigenvalue weighted by atomic mass is 32.2. The molecular weight excluding hydrogens is 264 g/mol. The first-order chi connectivity index (χ1) is 8.99. The van der Waals surface area contributed by atoms with Gasteiger partial charge in [-0.2, -0.15) is 0 Å². The summed E-state index contributed by atoms with van der Waals surface area (Å²) in [6, 6.07) is 6.34. The van der Waals surface area contributed by atoms with Gasteiger partial charge in [0.05, 0.1) is 10.6 Å². The van der Waals surface area contributed by atoms with Crippen molar-refractivity contribution in [3.63, 3.8) is 0 Å². The number of amides is 2. The molecule has 0 saturated carbocycles. The number of urea groups is 1. The Bertz CT molecular complexity index is 509. The van der Waals surface area contributed by atoms with Crippen molar-refractivity contribution in [2.75, 3.05) is 12.3 Å². The first-order valence-corrected chi connectivity index (χ1v) is 7.98. The van der Waals surface area contributed by atoms with E-state index in [0.29, 0.717) is 18.0 Å². The molecule has 5 nitrogen and oxygen atoms in total. The molecule has 0 radical (unpaired) electrons. The summed E-state index contributed by atoms with van der Waals surface area (Å²) in [6.07, 6.45) is 0.886. The summed E-state index contributed by atoms with van der Waals surface area (Å²) >= 11 is 0. The predicted octanol–water partition coefficient (Wildman–Crippen LogP) is 1.69. The van der Waals surface area contributed by atoms with Crippen molar-refractivity contribution >= 4 is 15.9 Å².